The first kappa shape index (κ1) is 36.3. The van der Waals surface area contributed by atoms with Gasteiger partial charge in [0.05, 0.1) is 29.8 Å². The van der Waals surface area contributed by atoms with E-state index in [-0.39, 0.29) is 23.7 Å². The van der Waals surface area contributed by atoms with E-state index in [0.29, 0.717) is 18.4 Å². The molecule has 0 bridgehead atoms. The molecule has 6 N–H and O–H groups in total. The number of phenolic OH excluding ortho intramolecular Hbond substituents is 1. The van der Waals surface area contributed by atoms with Crippen LogP contribution in [0, 0.1) is 5.92 Å². The van der Waals surface area contributed by atoms with Gasteiger partial charge in [-0.1, -0.05) is 13.0 Å². The van der Waals surface area contributed by atoms with Gasteiger partial charge in [-0.25, -0.2) is 9.59 Å². The SMILES string of the molecule is CC[C@]12c3c4ccc(O)c3O[C@H]1C(OC(=O)C[C@H](CC(=O)[C@H](C)O)C(=O)O[C@@H](C)C(=O)O[C@H](CC(=O)O)C(=O)O)=CC[C@@]2(O)[C@H](NC)C4. The average Bonchev–Trinajstić information content (AvgIpc) is 3.39. The smallest absolute Gasteiger partial charge is 0.348 e. The van der Waals surface area contributed by atoms with Gasteiger partial charge >= 0.3 is 29.8 Å². The van der Waals surface area contributed by atoms with Crippen LogP contribution in [0.5, 0.6) is 11.5 Å². The quantitative estimate of drug-likeness (QED) is 0.107. The molecule has 4 rings (SSSR count). The third kappa shape index (κ3) is 6.47. The molecule has 1 aromatic rings. The zero-order chi connectivity index (χ0) is 35.7. The lowest BCUT2D eigenvalue weighted by Gasteiger charge is -2.56. The largest absolute Gasteiger partial charge is 0.504 e. The molecule has 16 nitrogen and oxygen atoms in total. The number of hydrogen-bond acceptors (Lipinski definition) is 14. The Morgan fingerprint density at radius 2 is 1.73 bits per heavy atom. The highest BCUT2D eigenvalue weighted by Gasteiger charge is 2.69. The first-order valence-corrected chi connectivity index (χ1v) is 15.4. The minimum absolute atomic E-state index is 0.00823. The normalized spacial score (nSPS) is 26.0. The number of aliphatic carboxylic acids is 2. The van der Waals surface area contributed by atoms with E-state index >= 15 is 0 Å². The Labute approximate surface area is 274 Å². The minimum atomic E-state index is -2.07. The van der Waals surface area contributed by atoms with Gasteiger partial charge in [0.1, 0.15) is 11.9 Å². The summed E-state index contributed by atoms with van der Waals surface area (Å²) >= 11 is 0. The summed E-state index contributed by atoms with van der Waals surface area (Å²) in [4.78, 5) is 73.5. The Bertz CT molecular complexity index is 1540. The van der Waals surface area contributed by atoms with E-state index in [9.17, 15) is 44.1 Å². The van der Waals surface area contributed by atoms with Crippen LogP contribution in [0.3, 0.4) is 0 Å². The second-order valence-corrected chi connectivity index (χ2v) is 12.2. The highest BCUT2D eigenvalue weighted by Crippen LogP contribution is 2.63. The molecule has 1 aromatic carbocycles. The Balaban J connectivity index is 1.55. The number of Topliss-reactive ketones (excluding diaryl/α,β-unsaturated/α-hetero) is 1. The molecule has 262 valence electrons. The van der Waals surface area contributed by atoms with Crippen molar-refractivity contribution in [2.45, 2.75) is 101 Å². The predicted molar refractivity (Wildman–Crippen MR) is 160 cm³/mol. The van der Waals surface area contributed by atoms with Crippen LogP contribution in [-0.4, -0.2) is 104 Å². The van der Waals surface area contributed by atoms with E-state index in [1.807, 2.05) is 6.92 Å². The highest BCUT2D eigenvalue weighted by atomic mass is 16.6. The van der Waals surface area contributed by atoms with E-state index < -0.39 is 102 Å². The van der Waals surface area contributed by atoms with Crippen LogP contribution in [-0.2, 0) is 54.8 Å². The molecule has 2 aliphatic carbocycles. The fourth-order valence-electron chi connectivity index (χ4n) is 6.90. The van der Waals surface area contributed by atoms with E-state index in [1.165, 1.54) is 12.1 Å². The molecule has 3 aliphatic rings. The second kappa shape index (κ2) is 13.9. The molecule has 8 atom stereocenters. The van der Waals surface area contributed by atoms with Crippen molar-refractivity contribution in [1.29, 1.82) is 0 Å². The van der Waals surface area contributed by atoms with Crippen LogP contribution >= 0.6 is 0 Å². The van der Waals surface area contributed by atoms with Crippen LogP contribution in [0.2, 0.25) is 0 Å². The molecule has 0 saturated heterocycles. The first-order chi connectivity index (χ1) is 22.5. The van der Waals surface area contributed by atoms with Crippen molar-refractivity contribution in [3.8, 4) is 11.5 Å². The zero-order valence-electron chi connectivity index (χ0n) is 26.8. The maximum atomic E-state index is 13.4. The second-order valence-electron chi connectivity index (χ2n) is 12.2. The first-order valence-electron chi connectivity index (χ1n) is 15.4. The van der Waals surface area contributed by atoms with Gasteiger partial charge in [0.15, 0.2) is 29.5 Å². The number of ether oxygens (including phenoxy) is 4. The van der Waals surface area contributed by atoms with Crippen molar-refractivity contribution in [3.63, 3.8) is 0 Å². The van der Waals surface area contributed by atoms with E-state index in [0.717, 1.165) is 19.4 Å². The number of rotatable bonds is 15. The monoisotopic (exact) mass is 677 g/mol. The number of benzene rings is 1. The maximum absolute atomic E-state index is 13.4. The fraction of sp³-hybridized carbons (Fsp3) is 0.562. The number of nitrogens with one attached hydrogen (secondary N) is 1. The van der Waals surface area contributed by atoms with E-state index in [1.54, 1.807) is 13.1 Å². The van der Waals surface area contributed by atoms with Crippen LogP contribution in [0.1, 0.15) is 64.0 Å². The van der Waals surface area contributed by atoms with Gasteiger partial charge in [0.25, 0.3) is 0 Å². The molecule has 0 spiro atoms. The number of likely N-dealkylation sites (N-methyl/N-ethyl adjacent to an activating group) is 1. The molecular weight excluding hydrogens is 638 g/mol. The number of aliphatic hydroxyl groups is 2. The van der Waals surface area contributed by atoms with Crippen LogP contribution in [0.25, 0.3) is 0 Å². The number of hydrogen-bond donors (Lipinski definition) is 6. The number of carboxylic acids is 2. The van der Waals surface area contributed by atoms with Gasteiger partial charge in [-0.2, -0.15) is 0 Å². The maximum Gasteiger partial charge on any atom is 0.348 e. The van der Waals surface area contributed by atoms with Gasteiger partial charge in [-0.05, 0) is 51.4 Å². The summed E-state index contributed by atoms with van der Waals surface area (Å²) in [6.45, 7) is 4.01. The Morgan fingerprint density at radius 3 is 2.31 bits per heavy atom. The zero-order valence-corrected chi connectivity index (χ0v) is 26.8. The van der Waals surface area contributed by atoms with Gasteiger partial charge in [-0.3, -0.25) is 19.2 Å². The van der Waals surface area contributed by atoms with Gasteiger partial charge < -0.3 is 49.8 Å². The molecule has 1 aliphatic heterocycles. The topological polar surface area (TPSA) is 253 Å². The standard InChI is InChI=1S/C32H39NO15/c1-5-31-25-16-6-7-18(35)26(25)48-27(31)20(8-9-32(31,44)22(11-16)33-4)46-24(39)12-17(10-19(36)14(2)34)30(43)45-15(3)29(42)47-21(28(40)41)13-23(37)38/h6-8,14-15,17,21-22,27,33-35,44H,5,9-13H2,1-4H3,(H,37,38)(H,40,41)/t14-,15-,17-,21+,22+,27-,31-,32+/m0/s1. The number of carbonyl (C=O) groups excluding carboxylic acids is 4. The number of phenols is 1. The summed E-state index contributed by atoms with van der Waals surface area (Å²) in [5.41, 5.74) is -1.09. The number of esters is 3. The summed E-state index contributed by atoms with van der Waals surface area (Å²) in [5.74, 6) is -9.38. The lowest BCUT2D eigenvalue weighted by atomic mass is 9.52. The number of aromatic hydroxyl groups is 1. The summed E-state index contributed by atoms with van der Waals surface area (Å²) in [6.07, 6.45) is -6.64. The average molecular weight is 678 g/mol. The third-order valence-corrected chi connectivity index (χ3v) is 9.31. The molecule has 0 saturated carbocycles. The van der Waals surface area contributed by atoms with Crippen molar-refractivity contribution in [3.05, 3.63) is 35.1 Å². The minimum Gasteiger partial charge on any atom is -0.504 e. The molecule has 0 amide bonds. The molecule has 1 heterocycles. The van der Waals surface area contributed by atoms with Crippen LogP contribution in [0.15, 0.2) is 24.0 Å². The molecule has 16 heteroatoms. The summed E-state index contributed by atoms with van der Waals surface area (Å²) < 4.78 is 21.6. The number of carboxylic acid groups (broad SMARTS) is 2. The molecule has 0 aromatic heterocycles. The summed E-state index contributed by atoms with van der Waals surface area (Å²) in [6, 6.07) is 2.82. The van der Waals surface area contributed by atoms with Crippen molar-refractivity contribution in [2.75, 3.05) is 7.05 Å². The Morgan fingerprint density at radius 1 is 1.04 bits per heavy atom. The van der Waals surface area contributed by atoms with Crippen LogP contribution < -0.4 is 10.1 Å². The van der Waals surface area contributed by atoms with Gasteiger partial charge in [0.2, 0.25) is 6.10 Å². The van der Waals surface area contributed by atoms with Crippen molar-refractivity contribution in [1.82, 2.24) is 5.32 Å². The Kier molecular flexibility index (Phi) is 10.5. The molecule has 0 radical (unpaired) electrons. The molecule has 48 heavy (non-hydrogen) atoms. The van der Waals surface area contributed by atoms with E-state index in [4.69, 9.17) is 24.4 Å². The Hall–Kier alpha value is -4.54. The number of carbonyl (C=O) groups is 6. The number of aliphatic hydroxyl groups excluding tert-OH is 1. The summed E-state index contributed by atoms with van der Waals surface area (Å²) in [5, 5.41) is 53.8. The highest BCUT2D eigenvalue weighted by molar-refractivity contribution is 5.90. The third-order valence-electron chi connectivity index (χ3n) is 9.31. The molecular formula is C32H39NO15. The van der Waals surface area contributed by atoms with E-state index in [2.05, 4.69) is 10.1 Å². The molecule has 0 fully saturated rings. The predicted octanol–water partition coefficient (Wildman–Crippen LogP) is 0.256. The number of ketones is 1. The lowest BCUT2D eigenvalue weighted by Crippen LogP contribution is -2.70. The van der Waals surface area contributed by atoms with Gasteiger partial charge in [-0.15, -0.1) is 0 Å². The van der Waals surface area contributed by atoms with Crippen LogP contribution in [0.4, 0.5) is 0 Å². The lowest BCUT2D eigenvalue weighted by molar-refractivity contribution is -0.179. The fourth-order valence-corrected chi connectivity index (χ4v) is 6.90. The van der Waals surface area contributed by atoms with Crippen molar-refractivity contribution < 1.29 is 73.2 Å². The van der Waals surface area contributed by atoms with Crippen molar-refractivity contribution in [2.24, 2.45) is 5.92 Å². The molecule has 0 unspecified atom stereocenters. The van der Waals surface area contributed by atoms with Crippen molar-refractivity contribution >= 4 is 35.6 Å². The summed E-state index contributed by atoms with van der Waals surface area (Å²) in [7, 11) is 1.72. The van der Waals surface area contributed by atoms with Gasteiger partial charge in [0, 0.05) is 24.4 Å².